The molecule has 6 nitrogen and oxygen atoms in total. The normalized spacial score (nSPS) is 20.7. The first-order valence-electron chi connectivity index (χ1n) is 7.29. The van der Waals surface area contributed by atoms with Gasteiger partial charge < -0.3 is 14.5 Å². The van der Waals surface area contributed by atoms with Crippen LogP contribution in [0.2, 0.25) is 5.02 Å². The predicted molar refractivity (Wildman–Crippen MR) is 80.2 cm³/mol. The van der Waals surface area contributed by atoms with Gasteiger partial charge in [-0.1, -0.05) is 11.6 Å². The van der Waals surface area contributed by atoms with Crippen molar-refractivity contribution >= 4 is 23.4 Å². The molecule has 1 aromatic rings. The maximum atomic E-state index is 12.3. The number of halogens is 1. The number of hydrogen-bond acceptors (Lipinski definition) is 4. The molecular formula is C15H18ClN3O3. The molecular weight excluding hydrogens is 306 g/mol. The summed E-state index contributed by atoms with van der Waals surface area (Å²) in [6, 6.07) is 3.49. The lowest BCUT2D eigenvalue weighted by atomic mass is 9.99. The van der Waals surface area contributed by atoms with Crippen LogP contribution in [0.25, 0.3) is 0 Å². The number of likely N-dealkylation sites (N-methyl/N-ethyl adjacent to an activating group) is 1. The lowest BCUT2D eigenvalue weighted by Gasteiger charge is -2.42. The summed E-state index contributed by atoms with van der Waals surface area (Å²) in [5.41, 5.74) is 0.186. The molecule has 2 aliphatic rings. The lowest BCUT2D eigenvalue weighted by Crippen LogP contribution is -2.53. The molecule has 0 aromatic carbocycles. The van der Waals surface area contributed by atoms with Gasteiger partial charge in [0.25, 0.3) is 5.91 Å². The summed E-state index contributed by atoms with van der Waals surface area (Å²) in [4.78, 5) is 31.6. The van der Waals surface area contributed by atoms with Crippen LogP contribution in [0, 0.1) is 0 Å². The smallest absolute Gasteiger partial charge is 0.250 e. The summed E-state index contributed by atoms with van der Waals surface area (Å²) in [5.74, 6) is 0.0433. The fraction of sp³-hybridized carbons (Fsp3) is 0.533. The van der Waals surface area contributed by atoms with Crippen molar-refractivity contribution in [3.63, 3.8) is 0 Å². The highest BCUT2D eigenvalue weighted by atomic mass is 35.5. The zero-order valence-corrected chi connectivity index (χ0v) is 13.2. The average Bonchev–Trinajstić information content (AvgIpc) is 2.79. The number of aromatic nitrogens is 1. The maximum absolute atomic E-state index is 12.3. The Morgan fingerprint density at radius 3 is 2.68 bits per heavy atom. The van der Waals surface area contributed by atoms with Crippen molar-refractivity contribution in [3.05, 3.63) is 29.0 Å². The molecule has 22 heavy (non-hydrogen) atoms. The number of piperidine rings is 1. The fourth-order valence-electron chi connectivity index (χ4n) is 2.98. The summed E-state index contributed by atoms with van der Waals surface area (Å²) < 4.78 is 5.68. The van der Waals surface area contributed by atoms with E-state index >= 15 is 0 Å². The van der Waals surface area contributed by atoms with Crippen LogP contribution in [0.5, 0.6) is 0 Å². The standard InChI is InChI=1S/C15H18ClN3O3/c1-18-14(21)10-22-15(18)4-6-19(7-5-15)13(20)8-12-3-2-11(16)9-17-12/h2-3,9H,4-8,10H2,1H3. The van der Waals surface area contributed by atoms with Gasteiger partial charge in [-0.15, -0.1) is 0 Å². The molecule has 0 aliphatic carbocycles. The molecule has 0 saturated carbocycles. The highest BCUT2D eigenvalue weighted by molar-refractivity contribution is 6.30. The van der Waals surface area contributed by atoms with Gasteiger partial charge in [-0.3, -0.25) is 14.6 Å². The number of hydrogen-bond donors (Lipinski definition) is 0. The molecule has 0 N–H and O–H groups in total. The predicted octanol–water partition coefficient (Wildman–Crippen LogP) is 1.08. The van der Waals surface area contributed by atoms with Crippen LogP contribution in [0.4, 0.5) is 0 Å². The summed E-state index contributed by atoms with van der Waals surface area (Å²) in [6.07, 6.45) is 3.10. The van der Waals surface area contributed by atoms with E-state index in [1.54, 1.807) is 30.3 Å². The molecule has 0 radical (unpaired) electrons. The van der Waals surface area contributed by atoms with Crippen LogP contribution < -0.4 is 0 Å². The highest BCUT2D eigenvalue weighted by Crippen LogP contribution is 2.33. The number of nitrogens with zero attached hydrogens (tertiary/aromatic N) is 3. The third-order valence-corrected chi connectivity index (χ3v) is 4.69. The van der Waals surface area contributed by atoms with Gasteiger partial charge in [0.1, 0.15) is 12.3 Å². The Balaban J connectivity index is 1.58. The van der Waals surface area contributed by atoms with Crippen molar-refractivity contribution in [2.24, 2.45) is 0 Å². The molecule has 2 fully saturated rings. The largest absolute Gasteiger partial charge is 0.346 e. The van der Waals surface area contributed by atoms with Crippen molar-refractivity contribution in [2.45, 2.75) is 25.0 Å². The molecule has 0 atom stereocenters. The van der Waals surface area contributed by atoms with Crippen LogP contribution >= 0.6 is 11.6 Å². The minimum absolute atomic E-state index is 0.00476. The SMILES string of the molecule is CN1C(=O)COC12CCN(C(=O)Cc1ccc(Cl)cn1)CC2. The van der Waals surface area contributed by atoms with Crippen molar-refractivity contribution in [2.75, 3.05) is 26.7 Å². The number of pyridine rings is 1. The van der Waals surface area contributed by atoms with Crippen LogP contribution in [-0.2, 0) is 20.7 Å². The van der Waals surface area contributed by atoms with Gasteiger partial charge >= 0.3 is 0 Å². The first-order valence-corrected chi connectivity index (χ1v) is 7.67. The molecule has 1 aromatic heterocycles. The van der Waals surface area contributed by atoms with E-state index < -0.39 is 5.72 Å². The second-order valence-electron chi connectivity index (χ2n) is 5.71. The van der Waals surface area contributed by atoms with Gasteiger partial charge in [0.15, 0.2) is 0 Å². The molecule has 3 rings (SSSR count). The first-order chi connectivity index (χ1) is 10.5. The second kappa shape index (κ2) is 5.85. The van der Waals surface area contributed by atoms with Crippen molar-refractivity contribution < 1.29 is 14.3 Å². The Kier molecular flexibility index (Phi) is 4.06. The van der Waals surface area contributed by atoms with Gasteiger partial charge in [0, 0.05) is 44.9 Å². The average molecular weight is 324 g/mol. The van der Waals surface area contributed by atoms with Gasteiger partial charge in [-0.05, 0) is 12.1 Å². The Bertz CT molecular complexity index is 582. The Labute approximate surface area is 134 Å². The molecule has 7 heteroatoms. The number of carbonyl (C=O) groups is 2. The van der Waals surface area contributed by atoms with E-state index in [0.717, 1.165) is 0 Å². The van der Waals surface area contributed by atoms with Gasteiger partial charge in [-0.2, -0.15) is 0 Å². The number of likely N-dealkylation sites (tertiary alicyclic amines) is 1. The topological polar surface area (TPSA) is 62.7 Å². The summed E-state index contributed by atoms with van der Waals surface area (Å²) in [5, 5.41) is 0.558. The number of carbonyl (C=O) groups excluding carboxylic acids is 2. The van der Waals surface area contributed by atoms with Gasteiger partial charge in [-0.25, -0.2) is 0 Å². The molecule has 0 unspecified atom stereocenters. The van der Waals surface area contributed by atoms with E-state index in [1.165, 1.54) is 0 Å². The summed E-state index contributed by atoms with van der Waals surface area (Å²) >= 11 is 5.79. The molecule has 1 spiro atoms. The Morgan fingerprint density at radius 1 is 1.41 bits per heavy atom. The van der Waals surface area contributed by atoms with Crippen LogP contribution in [-0.4, -0.2) is 59.1 Å². The molecule has 0 bridgehead atoms. The van der Waals surface area contributed by atoms with E-state index in [2.05, 4.69) is 4.98 Å². The Morgan fingerprint density at radius 2 is 2.14 bits per heavy atom. The van der Waals surface area contributed by atoms with Crippen LogP contribution in [0.1, 0.15) is 18.5 Å². The molecule has 3 heterocycles. The molecule has 118 valence electrons. The molecule has 2 saturated heterocycles. The fourth-order valence-corrected chi connectivity index (χ4v) is 3.09. The zero-order valence-electron chi connectivity index (χ0n) is 12.4. The first kappa shape index (κ1) is 15.2. The number of amides is 2. The van der Waals surface area contributed by atoms with Crippen LogP contribution in [0.15, 0.2) is 18.3 Å². The molecule has 2 amide bonds. The maximum Gasteiger partial charge on any atom is 0.250 e. The monoisotopic (exact) mass is 323 g/mol. The quantitative estimate of drug-likeness (QED) is 0.817. The minimum Gasteiger partial charge on any atom is -0.346 e. The van der Waals surface area contributed by atoms with E-state index in [1.807, 2.05) is 4.90 Å². The van der Waals surface area contributed by atoms with Crippen molar-refractivity contribution in [1.29, 1.82) is 0 Å². The number of ether oxygens (including phenoxy) is 1. The summed E-state index contributed by atoms with van der Waals surface area (Å²) in [6.45, 7) is 1.31. The number of rotatable bonds is 2. The van der Waals surface area contributed by atoms with E-state index in [9.17, 15) is 9.59 Å². The zero-order chi connectivity index (χ0) is 15.7. The van der Waals surface area contributed by atoms with Gasteiger partial charge in [0.2, 0.25) is 5.91 Å². The van der Waals surface area contributed by atoms with Crippen molar-refractivity contribution in [1.82, 2.24) is 14.8 Å². The second-order valence-corrected chi connectivity index (χ2v) is 6.15. The van der Waals surface area contributed by atoms with Crippen molar-refractivity contribution in [3.8, 4) is 0 Å². The van der Waals surface area contributed by atoms with Gasteiger partial charge in [0.05, 0.1) is 11.4 Å². The van der Waals surface area contributed by atoms with E-state index in [0.29, 0.717) is 36.6 Å². The third-order valence-electron chi connectivity index (χ3n) is 4.47. The van der Waals surface area contributed by atoms with Crippen LogP contribution in [0.3, 0.4) is 0 Å². The third kappa shape index (κ3) is 2.80. The molecule has 2 aliphatic heterocycles. The van der Waals surface area contributed by atoms with E-state index in [4.69, 9.17) is 16.3 Å². The summed E-state index contributed by atoms with van der Waals surface area (Å²) in [7, 11) is 1.77. The minimum atomic E-state index is -0.521. The lowest BCUT2D eigenvalue weighted by molar-refractivity contribution is -0.146. The van der Waals surface area contributed by atoms with E-state index in [-0.39, 0.29) is 24.8 Å². The highest BCUT2D eigenvalue weighted by Gasteiger charge is 2.46. The Hall–Kier alpha value is -1.66.